The molecule has 0 fully saturated rings. The molecule has 0 unspecified atom stereocenters. The maximum atomic E-state index is 10.6. The summed E-state index contributed by atoms with van der Waals surface area (Å²) < 4.78 is 0. The molecule has 0 bridgehead atoms. The minimum absolute atomic E-state index is 0.196. The molecule has 0 aliphatic carbocycles. The predicted molar refractivity (Wildman–Crippen MR) is 56.7 cm³/mol. The van der Waals surface area contributed by atoms with E-state index >= 15 is 0 Å². The number of phenolic OH excluding ortho intramolecular Hbond substituents is 1. The number of anilines is 1. The van der Waals surface area contributed by atoms with Crippen molar-refractivity contribution in [3.63, 3.8) is 0 Å². The Labute approximate surface area is 84.9 Å². The zero-order valence-corrected chi connectivity index (χ0v) is 7.68. The lowest BCUT2D eigenvalue weighted by Crippen LogP contribution is -1.96. The smallest absolute Gasteiger partial charge is 0.296 e. The lowest BCUT2D eigenvalue weighted by Gasteiger charge is -2.04. The zero-order valence-electron chi connectivity index (χ0n) is 7.68. The molecule has 0 aliphatic rings. The van der Waals surface area contributed by atoms with Crippen LogP contribution in [0, 0.1) is 10.1 Å². The van der Waals surface area contributed by atoms with Gasteiger partial charge in [0.1, 0.15) is 0 Å². The van der Waals surface area contributed by atoms with Crippen molar-refractivity contribution in [2.75, 3.05) is 5.73 Å². The highest BCUT2D eigenvalue weighted by Gasteiger charge is 2.17. The van der Waals surface area contributed by atoms with E-state index in [4.69, 9.17) is 5.73 Å². The van der Waals surface area contributed by atoms with Crippen LogP contribution < -0.4 is 5.73 Å². The molecule has 3 N–H and O–H groups in total. The van der Waals surface area contributed by atoms with Crippen molar-refractivity contribution in [3.8, 4) is 5.75 Å². The van der Waals surface area contributed by atoms with Crippen LogP contribution in [-0.4, -0.2) is 10.0 Å². The molecule has 0 amide bonds. The maximum absolute atomic E-state index is 10.6. The number of aromatic hydroxyl groups is 1. The van der Waals surface area contributed by atoms with Gasteiger partial charge in [-0.15, -0.1) is 0 Å². The van der Waals surface area contributed by atoms with Gasteiger partial charge in [0.15, 0.2) is 11.4 Å². The molecule has 5 heteroatoms. The van der Waals surface area contributed by atoms with E-state index in [1.165, 1.54) is 6.07 Å². The quantitative estimate of drug-likeness (QED) is 0.322. The summed E-state index contributed by atoms with van der Waals surface area (Å²) in [4.78, 5) is 10.0. The Hall–Kier alpha value is -2.30. The topological polar surface area (TPSA) is 89.4 Å². The highest BCUT2D eigenvalue weighted by Crippen LogP contribution is 2.37. The summed E-state index contributed by atoms with van der Waals surface area (Å²) in [6.45, 7) is 0. The van der Waals surface area contributed by atoms with Crippen LogP contribution in [-0.2, 0) is 0 Å². The van der Waals surface area contributed by atoms with Gasteiger partial charge >= 0.3 is 0 Å². The van der Waals surface area contributed by atoms with Gasteiger partial charge in [-0.05, 0) is 5.39 Å². The monoisotopic (exact) mass is 204 g/mol. The van der Waals surface area contributed by atoms with Crippen LogP contribution in [0.5, 0.6) is 5.75 Å². The van der Waals surface area contributed by atoms with Crippen molar-refractivity contribution in [1.82, 2.24) is 0 Å². The van der Waals surface area contributed by atoms with Gasteiger partial charge in [-0.25, -0.2) is 0 Å². The van der Waals surface area contributed by atoms with Gasteiger partial charge in [0.05, 0.1) is 4.92 Å². The van der Waals surface area contributed by atoms with E-state index in [1.54, 1.807) is 24.3 Å². The standard InChI is InChI=1S/C10H8N2O3/c11-9-8(12(14)15)5-6-3-1-2-4-7(6)10(9)13/h1-5,13H,11H2. The van der Waals surface area contributed by atoms with Gasteiger partial charge in [0.2, 0.25) is 0 Å². The Bertz CT molecular complexity index is 552. The molecule has 0 atom stereocenters. The average molecular weight is 204 g/mol. The maximum Gasteiger partial charge on any atom is 0.296 e. The molecule has 15 heavy (non-hydrogen) atoms. The van der Waals surface area contributed by atoms with E-state index in [2.05, 4.69) is 0 Å². The Morgan fingerprint density at radius 2 is 2.00 bits per heavy atom. The molecule has 2 aromatic rings. The first kappa shape index (κ1) is 9.26. The minimum atomic E-state index is -0.610. The number of nitrogens with two attached hydrogens (primary N) is 1. The fourth-order valence-corrected chi connectivity index (χ4v) is 1.48. The summed E-state index contributed by atoms with van der Waals surface area (Å²) >= 11 is 0. The van der Waals surface area contributed by atoms with E-state index in [9.17, 15) is 15.2 Å². The lowest BCUT2D eigenvalue weighted by molar-refractivity contribution is -0.383. The zero-order chi connectivity index (χ0) is 11.0. The van der Waals surface area contributed by atoms with Crippen molar-refractivity contribution in [2.24, 2.45) is 0 Å². The van der Waals surface area contributed by atoms with Gasteiger partial charge in [-0.1, -0.05) is 24.3 Å². The Morgan fingerprint density at radius 1 is 1.33 bits per heavy atom. The molecule has 0 radical (unpaired) electrons. The Morgan fingerprint density at radius 3 is 2.67 bits per heavy atom. The van der Waals surface area contributed by atoms with Crippen molar-refractivity contribution in [2.45, 2.75) is 0 Å². The van der Waals surface area contributed by atoms with Crippen molar-refractivity contribution in [1.29, 1.82) is 0 Å². The van der Waals surface area contributed by atoms with Crippen molar-refractivity contribution in [3.05, 3.63) is 40.4 Å². The Balaban J connectivity index is 2.88. The lowest BCUT2D eigenvalue weighted by atomic mass is 10.1. The third kappa shape index (κ3) is 1.34. The van der Waals surface area contributed by atoms with Crippen molar-refractivity contribution < 1.29 is 10.0 Å². The molecule has 76 valence electrons. The molecule has 5 nitrogen and oxygen atoms in total. The highest BCUT2D eigenvalue weighted by molar-refractivity contribution is 5.96. The average Bonchev–Trinajstić information content (AvgIpc) is 2.23. The summed E-state index contributed by atoms with van der Waals surface area (Å²) in [6.07, 6.45) is 0. The second kappa shape index (κ2) is 3.13. The summed E-state index contributed by atoms with van der Waals surface area (Å²) in [5.41, 5.74) is 4.99. The summed E-state index contributed by atoms with van der Waals surface area (Å²) in [5.74, 6) is -0.236. The molecule has 0 spiro atoms. The molecule has 2 aromatic carbocycles. The van der Waals surface area contributed by atoms with E-state index in [0.29, 0.717) is 10.8 Å². The molecule has 0 aliphatic heterocycles. The van der Waals surface area contributed by atoms with Crippen LogP contribution in [0.1, 0.15) is 0 Å². The predicted octanol–water partition coefficient (Wildman–Crippen LogP) is 2.04. The second-order valence-corrected chi connectivity index (χ2v) is 3.14. The molecule has 0 heterocycles. The fraction of sp³-hybridized carbons (Fsp3) is 0. The number of hydrogen-bond donors (Lipinski definition) is 2. The summed E-state index contributed by atoms with van der Waals surface area (Å²) in [7, 11) is 0. The number of fused-ring (bicyclic) bond motifs is 1. The third-order valence-corrected chi connectivity index (χ3v) is 2.24. The largest absolute Gasteiger partial charge is 0.505 e. The SMILES string of the molecule is Nc1c([N+](=O)[O-])cc2ccccc2c1O. The molecular weight excluding hydrogens is 196 g/mol. The number of nitro benzene ring substituents is 1. The number of rotatable bonds is 1. The van der Waals surface area contributed by atoms with E-state index in [-0.39, 0.29) is 17.1 Å². The molecule has 2 rings (SSSR count). The van der Waals surface area contributed by atoms with Crippen LogP contribution >= 0.6 is 0 Å². The number of nitrogen functional groups attached to an aromatic ring is 1. The summed E-state index contributed by atoms with van der Waals surface area (Å²) in [5, 5.41) is 21.4. The number of phenols is 1. The highest BCUT2D eigenvalue weighted by atomic mass is 16.6. The van der Waals surface area contributed by atoms with Crippen LogP contribution in [0.2, 0.25) is 0 Å². The first-order valence-electron chi connectivity index (χ1n) is 4.26. The van der Waals surface area contributed by atoms with Gasteiger partial charge < -0.3 is 10.8 Å². The molecule has 0 saturated heterocycles. The normalized spacial score (nSPS) is 10.4. The summed E-state index contributed by atoms with van der Waals surface area (Å²) in [6, 6.07) is 8.16. The first-order valence-corrected chi connectivity index (χ1v) is 4.26. The van der Waals surface area contributed by atoms with Gasteiger partial charge in [0, 0.05) is 11.5 Å². The second-order valence-electron chi connectivity index (χ2n) is 3.14. The fourth-order valence-electron chi connectivity index (χ4n) is 1.48. The number of benzene rings is 2. The Kier molecular flexibility index (Phi) is 1.93. The van der Waals surface area contributed by atoms with Gasteiger partial charge in [0.25, 0.3) is 5.69 Å². The van der Waals surface area contributed by atoms with E-state index in [0.717, 1.165) is 0 Å². The van der Waals surface area contributed by atoms with Crippen LogP contribution in [0.25, 0.3) is 10.8 Å². The third-order valence-electron chi connectivity index (χ3n) is 2.24. The molecule has 0 aromatic heterocycles. The van der Waals surface area contributed by atoms with Gasteiger partial charge in [-0.2, -0.15) is 0 Å². The van der Waals surface area contributed by atoms with Crippen molar-refractivity contribution >= 4 is 22.1 Å². The first-order chi connectivity index (χ1) is 7.11. The van der Waals surface area contributed by atoms with Crippen LogP contribution in [0.15, 0.2) is 30.3 Å². The van der Waals surface area contributed by atoms with E-state index < -0.39 is 4.92 Å². The van der Waals surface area contributed by atoms with Crippen LogP contribution in [0.4, 0.5) is 11.4 Å². The van der Waals surface area contributed by atoms with Crippen LogP contribution in [0.3, 0.4) is 0 Å². The number of hydrogen-bond acceptors (Lipinski definition) is 4. The molecular formula is C10H8N2O3. The van der Waals surface area contributed by atoms with Gasteiger partial charge in [-0.3, -0.25) is 10.1 Å². The number of nitrogens with zero attached hydrogens (tertiary/aromatic N) is 1. The minimum Gasteiger partial charge on any atom is -0.505 e. The van der Waals surface area contributed by atoms with E-state index in [1.807, 2.05) is 0 Å². The number of nitro groups is 1. The molecule has 0 saturated carbocycles.